The van der Waals surface area contributed by atoms with Gasteiger partial charge >= 0.3 is 0 Å². The van der Waals surface area contributed by atoms with E-state index in [1.54, 1.807) is 53.4 Å². The number of nitrogens with one attached hydrogen (secondary N) is 1. The summed E-state index contributed by atoms with van der Waals surface area (Å²) in [7, 11) is 0. The van der Waals surface area contributed by atoms with Crippen LogP contribution in [0.4, 0.5) is 11.4 Å². The second-order valence-electron chi connectivity index (χ2n) is 7.29. The maximum Gasteiger partial charge on any atom is 0.294 e. The fraction of sp³-hybridized carbons (Fsp3) is 0.240. The van der Waals surface area contributed by atoms with Gasteiger partial charge in [-0.3, -0.25) is 14.5 Å². The van der Waals surface area contributed by atoms with E-state index in [0.717, 1.165) is 11.4 Å². The molecule has 1 aliphatic heterocycles. The molecule has 0 unspecified atom stereocenters. The lowest BCUT2D eigenvalue weighted by Gasteiger charge is -2.32. The second-order valence-corrected chi connectivity index (χ2v) is 7.29. The fourth-order valence-electron chi connectivity index (χ4n) is 3.81. The third-order valence-electron chi connectivity index (χ3n) is 5.20. The molecule has 0 fully saturated rings. The van der Waals surface area contributed by atoms with E-state index in [-0.39, 0.29) is 18.4 Å². The first-order chi connectivity index (χ1) is 15.6. The molecule has 1 aromatic heterocycles. The molecule has 0 aliphatic carbocycles. The SMILES string of the molecule is CCOc1ccc(NC(=O)[C@H]2c3cccc[n+]3CC(=O)N2c2ccc(OCC)cc2)cc1. The van der Waals surface area contributed by atoms with Crippen LogP contribution >= 0.6 is 0 Å². The maximum absolute atomic E-state index is 13.5. The van der Waals surface area contributed by atoms with E-state index in [1.807, 2.05) is 42.8 Å². The van der Waals surface area contributed by atoms with Crippen LogP contribution in [-0.2, 0) is 16.1 Å². The summed E-state index contributed by atoms with van der Waals surface area (Å²) < 4.78 is 12.8. The molecule has 0 spiro atoms. The van der Waals surface area contributed by atoms with Crippen molar-refractivity contribution in [3.63, 3.8) is 0 Å². The molecule has 7 heteroatoms. The first kappa shape index (κ1) is 21.4. The Morgan fingerprint density at radius 1 is 0.969 bits per heavy atom. The molecule has 32 heavy (non-hydrogen) atoms. The summed E-state index contributed by atoms with van der Waals surface area (Å²) in [4.78, 5) is 28.1. The van der Waals surface area contributed by atoms with Gasteiger partial charge in [-0.05, 0) is 62.4 Å². The minimum atomic E-state index is -0.818. The Hall–Kier alpha value is -3.87. The van der Waals surface area contributed by atoms with E-state index in [2.05, 4.69) is 5.32 Å². The largest absolute Gasteiger partial charge is 0.494 e. The lowest BCUT2D eigenvalue weighted by Crippen LogP contribution is -2.58. The lowest BCUT2D eigenvalue weighted by molar-refractivity contribution is -0.695. The Balaban J connectivity index is 1.67. The number of anilines is 2. The smallest absolute Gasteiger partial charge is 0.294 e. The van der Waals surface area contributed by atoms with Crippen LogP contribution in [0.2, 0.25) is 0 Å². The summed E-state index contributed by atoms with van der Waals surface area (Å²) in [5, 5.41) is 2.95. The van der Waals surface area contributed by atoms with Gasteiger partial charge in [-0.2, -0.15) is 4.57 Å². The van der Waals surface area contributed by atoms with E-state index in [1.165, 1.54) is 0 Å². The number of nitrogens with zero attached hydrogens (tertiary/aromatic N) is 2. The molecule has 1 aliphatic rings. The number of carbonyl (C=O) groups is 2. The Bertz CT molecular complexity index is 1100. The number of fused-ring (bicyclic) bond motifs is 1. The van der Waals surface area contributed by atoms with Gasteiger partial charge in [-0.25, -0.2) is 0 Å². The summed E-state index contributed by atoms with van der Waals surface area (Å²) in [6, 6.07) is 19.2. The average Bonchev–Trinajstić information content (AvgIpc) is 2.80. The maximum atomic E-state index is 13.5. The van der Waals surface area contributed by atoms with Gasteiger partial charge in [0.2, 0.25) is 18.3 Å². The molecule has 0 bridgehead atoms. The van der Waals surface area contributed by atoms with Crippen molar-refractivity contribution in [1.29, 1.82) is 0 Å². The van der Waals surface area contributed by atoms with Gasteiger partial charge in [0.15, 0.2) is 6.20 Å². The van der Waals surface area contributed by atoms with Crippen LogP contribution < -0.4 is 24.3 Å². The summed E-state index contributed by atoms with van der Waals surface area (Å²) >= 11 is 0. The first-order valence-electron chi connectivity index (χ1n) is 10.7. The zero-order chi connectivity index (χ0) is 22.5. The number of aromatic nitrogens is 1. The van der Waals surface area contributed by atoms with Crippen molar-refractivity contribution in [1.82, 2.24) is 0 Å². The summed E-state index contributed by atoms with van der Waals surface area (Å²) in [6.45, 7) is 5.12. The number of hydrogen-bond acceptors (Lipinski definition) is 4. The van der Waals surface area contributed by atoms with Gasteiger partial charge in [0.05, 0.1) is 13.2 Å². The number of carbonyl (C=O) groups excluding carboxylic acids is 2. The number of ether oxygens (including phenoxy) is 2. The number of amides is 2. The molecular weight excluding hydrogens is 406 g/mol. The van der Waals surface area contributed by atoms with E-state index in [0.29, 0.717) is 30.3 Å². The van der Waals surface area contributed by atoms with Crippen LogP contribution in [0.3, 0.4) is 0 Å². The van der Waals surface area contributed by atoms with Crippen LogP contribution in [0.25, 0.3) is 0 Å². The molecule has 1 atom stereocenters. The van der Waals surface area contributed by atoms with Crippen molar-refractivity contribution in [2.75, 3.05) is 23.4 Å². The molecule has 2 amide bonds. The Kier molecular flexibility index (Phi) is 6.35. The van der Waals surface area contributed by atoms with Crippen molar-refractivity contribution >= 4 is 23.2 Å². The topological polar surface area (TPSA) is 71.8 Å². The average molecular weight is 433 g/mol. The highest BCUT2D eigenvalue weighted by molar-refractivity contribution is 6.05. The minimum Gasteiger partial charge on any atom is -0.494 e. The zero-order valence-corrected chi connectivity index (χ0v) is 18.2. The summed E-state index contributed by atoms with van der Waals surface area (Å²) in [5.41, 5.74) is 2.01. The van der Waals surface area contributed by atoms with Crippen molar-refractivity contribution in [2.45, 2.75) is 26.4 Å². The number of rotatable bonds is 7. The van der Waals surface area contributed by atoms with Crippen LogP contribution in [0.1, 0.15) is 25.6 Å². The zero-order valence-electron chi connectivity index (χ0n) is 18.2. The van der Waals surface area contributed by atoms with Gasteiger partial charge in [0.25, 0.3) is 11.8 Å². The van der Waals surface area contributed by atoms with Crippen molar-refractivity contribution in [3.05, 3.63) is 78.6 Å². The molecule has 1 N–H and O–H groups in total. The van der Waals surface area contributed by atoms with Gasteiger partial charge < -0.3 is 14.8 Å². The highest BCUT2D eigenvalue weighted by Crippen LogP contribution is 2.31. The molecule has 0 saturated carbocycles. The van der Waals surface area contributed by atoms with Crippen LogP contribution in [0.15, 0.2) is 72.9 Å². The van der Waals surface area contributed by atoms with Gasteiger partial charge in [-0.15, -0.1) is 0 Å². The number of benzene rings is 2. The third-order valence-corrected chi connectivity index (χ3v) is 5.20. The second kappa shape index (κ2) is 9.51. The predicted molar refractivity (Wildman–Crippen MR) is 121 cm³/mol. The molecule has 164 valence electrons. The molecule has 2 heterocycles. The molecule has 0 saturated heterocycles. The van der Waals surface area contributed by atoms with Crippen molar-refractivity contribution in [2.24, 2.45) is 0 Å². The molecular formula is C25H26N3O4+. The molecule has 3 aromatic rings. The van der Waals surface area contributed by atoms with E-state index >= 15 is 0 Å². The molecule has 4 rings (SSSR count). The predicted octanol–water partition coefficient (Wildman–Crippen LogP) is 3.50. The fourth-order valence-corrected chi connectivity index (χ4v) is 3.81. The van der Waals surface area contributed by atoms with Crippen LogP contribution in [-0.4, -0.2) is 25.0 Å². The standard InChI is InChI=1S/C25H25N3O4/c1-3-31-20-12-8-18(9-13-20)26-25(30)24-22-7-5-6-16-27(22)17-23(29)28(24)19-10-14-21(15-11-19)32-4-2/h5-16,24H,3-4,17H2,1-2H3/p+1/t24-/m1/s1. The van der Waals surface area contributed by atoms with Crippen LogP contribution in [0.5, 0.6) is 11.5 Å². The first-order valence-corrected chi connectivity index (χ1v) is 10.7. The van der Waals surface area contributed by atoms with Crippen LogP contribution in [0, 0.1) is 0 Å². The van der Waals surface area contributed by atoms with Gasteiger partial charge in [-0.1, -0.05) is 6.07 Å². The lowest BCUT2D eigenvalue weighted by atomic mass is 10.0. The van der Waals surface area contributed by atoms with E-state index in [9.17, 15) is 9.59 Å². The molecule has 7 nitrogen and oxygen atoms in total. The third kappa shape index (κ3) is 4.42. The normalized spacial score (nSPS) is 15.1. The van der Waals surface area contributed by atoms with Crippen molar-refractivity contribution < 1.29 is 23.6 Å². The highest BCUT2D eigenvalue weighted by atomic mass is 16.5. The van der Waals surface area contributed by atoms with Gasteiger partial charge in [0.1, 0.15) is 11.5 Å². The van der Waals surface area contributed by atoms with E-state index in [4.69, 9.17) is 9.47 Å². The Morgan fingerprint density at radius 3 is 2.22 bits per heavy atom. The minimum absolute atomic E-state index is 0.162. The molecule has 0 radical (unpaired) electrons. The number of hydrogen-bond donors (Lipinski definition) is 1. The Morgan fingerprint density at radius 2 is 1.59 bits per heavy atom. The highest BCUT2D eigenvalue weighted by Gasteiger charge is 2.43. The number of pyridine rings is 1. The van der Waals surface area contributed by atoms with Crippen molar-refractivity contribution in [3.8, 4) is 11.5 Å². The monoisotopic (exact) mass is 432 g/mol. The van der Waals surface area contributed by atoms with E-state index < -0.39 is 6.04 Å². The van der Waals surface area contributed by atoms with Gasteiger partial charge in [0, 0.05) is 23.5 Å². The Labute approximate surface area is 187 Å². The quantitative estimate of drug-likeness (QED) is 0.580. The summed E-state index contributed by atoms with van der Waals surface area (Å²) in [5.74, 6) is 0.988. The summed E-state index contributed by atoms with van der Waals surface area (Å²) in [6.07, 6.45) is 1.82. The molecule has 2 aromatic carbocycles.